The van der Waals surface area contributed by atoms with Crippen LogP contribution in [0.15, 0.2) is 30.5 Å². The van der Waals surface area contributed by atoms with Gasteiger partial charge in [-0.2, -0.15) is 0 Å². The molecule has 0 atom stereocenters. The number of rotatable bonds is 3. The summed E-state index contributed by atoms with van der Waals surface area (Å²) in [4.78, 5) is 20.1. The highest BCUT2D eigenvalue weighted by Crippen LogP contribution is 2.29. The molecule has 1 N–H and O–H groups in total. The third-order valence-electron chi connectivity index (χ3n) is 5.86. The predicted molar refractivity (Wildman–Crippen MR) is 107 cm³/mol. The van der Waals surface area contributed by atoms with Crippen molar-refractivity contribution in [1.82, 2.24) is 10.3 Å². The second-order valence-corrected chi connectivity index (χ2v) is 7.75. The number of pyridine rings is 1. The van der Waals surface area contributed by atoms with Gasteiger partial charge in [-0.15, -0.1) is 0 Å². The van der Waals surface area contributed by atoms with E-state index < -0.39 is 0 Å². The normalized spacial score (nSPS) is 19.3. The van der Waals surface area contributed by atoms with Gasteiger partial charge < -0.3 is 10.2 Å². The van der Waals surface area contributed by atoms with Gasteiger partial charge in [0.15, 0.2) is 0 Å². The first kappa shape index (κ1) is 17.3. The summed E-state index contributed by atoms with van der Waals surface area (Å²) in [5, 5.41) is 5.40. The van der Waals surface area contributed by atoms with Crippen LogP contribution in [0.4, 0.5) is 5.82 Å². The van der Waals surface area contributed by atoms with Crippen LogP contribution in [0, 0.1) is 0 Å². The molecule has 1 aromatic heterocycles. The van der Waals surface area contributed by atoms with E-state index in [9.17, 15) is 4.79 Å². The van der Waals surface area contributed by atoms with Crippen LogP contribution in [0.3, 0.4) is 0 Å². The first-order valence-corrected chi connectivity index (χ1v) is 10.3. The number of amides is 1. The number of anilines is 1. The van der Waals surface area contributed by atoms with E-state index in [0.29, 0.717) is 11.6 Å². The van der Waals surface area contributed by atoms with Gasteiger partial charge in [-0.3, -0.25) is 4.79 Å². The Morgan fingerprint density at radius 1 is 0.923 bits per heavy atom. The van der Waals surface area contributed by atoms with Gasteiger partial charge in [-0.05, 0) is 37.5 Å². The molecule has 0 unspecified atom stereocenters. The van der Waals surface area contributed by atoms with E-state index in [0.717, 1.165) is 42.5 Å². The maximum absolute atomic E-state index is 13.0. The second-order valence-electron chi connectivity index (χ2n) is 7.75. The number of nitrogens with one attached hydrogen (secondary N) is 1. The van der Waals surface area contributed by atoms with Crippen molar-refractivity contribution >= 4 is 22.5 Å². The van der Waals surface area contributed by atoms with Crippen LogP contribution in [0.2, 0.25) is 0 Å². The molecule has 1 aliphatic carbocycles. The van der Waals surface area contributed by atoms with Crippen molar-refractivity contribution in [2.24, 2.45) is 0 Å². The number of benzene rings is 1. The van der Waals surface area contributed by atoms with E-state index in [1.54, 1.807) is 6.20 Å². The van der Waals surface area contributed by atoms with E-state index in [4.69, 9.17) is 4.98 Å². The summed E-state index contributed by atoms with van der Waals surface area (Å²) in [6.45, 7) is 2.12. The SMILES string of the molecule is O=C(NC1CCCCCC1)c1cnc(N2CCCCC2)c2ccccc12. The molecule has 0 bridgehead atoms. The lowest BCUT2D eigenvalue weighted by Crippen LogP contribution is -2.35. The van der Waals surface area contributed by atoms with Gasteiger partial charge in [0.1, 0.15) is 5.82 Å². The molecule has 1 saturated heterocycles. The summed E-state index contributed by atoms with van der Waals surface area (Å²) in [5.74, 6) is 1.07. The van der Waals surface area contributed by atoms with Crippen LogP contribution >= 0.6 is 0 Å². The van der Waals surface area contributed by atoms with Gasteiger partial charge >= 0.3 is 0 Å². The highest BCUT2D eigenvalue weighted by Gasteiger charge is 2.21. The van der Waals surface area contributed by atoms with E-state index in [2.05, 4.69) is 22.3 Å². The Hall–Kier alpha value is -2.10. The number of hydrogen-bond acceptors (Lipinski definition) is 3. The Morgan fingerprint density at radius 2 is 1.58 bits per heavy atom. The van der Waals surface area contributed by atoms with Gasteiger partial charge in [0, 0.05) is 30.7 Å². The lowest BCUT2D eigenvalue weighted by molar-refractivity contribution is 0.0934. The molecule has 0 spiro atoms. The number of hydrogen-bond donors (Lipinski definition) is 1. The highest BCUT2D eigenvalue weighted by atomic mass is 16.1. The summed E-state index contributed by atoms with van der Waals surface area (Å²) in [7, 11) is 0. The largest absolute Gasteiger partial charge is 0.356 e. The van der Waals surface area contributed by atoms with Gasteiger partial charge in [-0.1, -0.05) is 49.9 Å². The second kappa shape index (κ2) is 8.07. The Labute approximate surface area is 156 Å². The maximum Gasteiger partial charge on any atom is 0.253 e. The molecule has 26 heavy (non-hydrogen) atoms. The standard InChI is InChI=1S/C22H29N3O/c26-22(24-17-10-4-1-2-5-11-17)20-16-23-21(25-14-8-3-9-15-25)19-13-7-6-12-18(19)20/h6-7,12-13,16-17H,1-5,8-11,14-15H2,(H,24,26). The molecule has 4 nitrogen and oxygen atoms in total. The van der Waals surface area contributed by atoms with Crippen LogP contribution in [0.25, 0.3) is 10.8 Å². The molecule has 2 heterocycles. The lowest BCUT2D eigenvalue weighted by Gasteiger charge is -2.29. The molecule has 138 valence electrons. The van der Waals surface area contributed by atoms with Crippen LogP contribution < -0.4 is 10.2 Å². The van der Waals surface area contributed by atoms with Gasteiger partial charge in [0.2, 0.25) is 0 Å². The first-order chi connectivity index (χ1) is 12.8. The summed E-state index contributed by atoms with van der Waals surface area (Å²) in [5.41, 5.74) is 0.714. The summed E-state index contributed by atoms with van der Waals surface area (Å²) in [6.07, 6.45) is 12.8. The minimum atomic E-state index is 0.0331. The molecule has 1 amide bonds. The van der Waals surface area contributed by atoms with Crippen LogP contribution in [-0.4, -0.2) is 30.0 Å². The zero-order valence-electron chi connectivity index (χ0n) is 15.5. The van der Waals surface area contributed by atoms with Crippen molar-refractivity contribution in [3.63, 3.8) is 0 Å². The Morgan fingerprint density at radius 3 is 2.31 bits per heavy atom. The minimum absolute atomic E-state index is 0.0331. The van der Waals surface area contributed by atoms with E-state index in [1.165, 1.54) is 44.9 Å². The molecule has 1 saturated carbocycles. The highest BCUT2D eigenvalue weighted by molar-refractivity contribution is 6.09. The van der Waals surface area contributed by atoms with E-state index in [1.807, 2.05) is 12.1 Å². The number of nitrogens with zero attached hydrogens (tertiary/aromatic N) is 2. The number of fused-ring (bicyclic) bond motifs is 1. The van der Waals surface area contributed by atoms with Crippen molar-refractivity contribution in [2.45, 2.75) is 63.8 Å². The number of carbonyl (C=O) groups is 1. The molecular weight excluding hydrogens is 322 g/mol. The van der Waals surface area contributed by atoms with Crippen molar-refractivity contribution in [1.29, 1.82) is 0 Å². The predicted octanol–water partition coefficient (Wildman–Crippen LogP) is 4.68. The van der Waals surface area contributed by atoms with Crippen LogP contribution in [0.5, 0.6) is 0 Å². The zero-order chi connectivity index (χ0) is 17.8. The summed E-state index contributed by atoms with van der Waals surface area (Å²) in [6, 6.07) is 8.54. The average Bonchev–Trinajstić information content (AvgIpc) is 2.96. The third kappa shape index (κ3) is 3.69. The fourth-order valence-electron chi connectivity index (χ4n) is 4.40. The zero-order valence-corrected chi connectivity index (χ0v) is 15.5. The monoisotopic (exact) mass is 351 g/mol. The maximum atomic E-state index is 13.0. The molecule has 2 aliphatic rings. The van der Waals surface area contributed by atoms with Crippen molar-refractivity contribution < 1.29 is 4.79 Å². The van der Waals surface area contributed by atoms with E-state index in [-0.39, 0.29) is 5.91 Å². The van der Waals surface area contributed by atoms with Crippen molar-refractivity contribution in [3.8, 4) is 0 Å². The number of aromatic nitrogens is 1. The molecule has 4 rings (SSSR count). The van der Waals surface area contributed by atoms with Crippen molar-refractivity contribution in [2.75, 3.05) is 18.0 Å². The Balaban J connectivity index is 1.62. The van der Waals surface area contributed by atoms with Crippen molar-refractivity contribution in [3.05, 3.63) is 36.0 Å². The van der Waals surface area contributed by atoms with Crippen LogP contribution in [-0.2, 0) is 0 Å². The lowest BCUT2D eigenvalue weighted by atomic mass is 10.0. The average molecular weight is 351 g/mol. The van der Waals surface area contributed by atoms with Gasteiger partial charge in [0.25, 0.3) is 5.91 Å². The molecular formula is C22H29N3O. The van der Waals surface area contributed by atoms with E-state index >= 15 is 0 Å². The third-order valence-corrected chi connectivity index (χ3v) is 5.86. The summed E-state index contributed by atoms with van der Waals surface area (Å²) < 4.78 is 0. The molecule has 1 aromatic carbocycles. The Kier molecular flexibility index (Phi) is 5.37. The smallest absolute Gasteiger partial charge is 0.253 e. The molecule has 0 radical (unpaired) electrons. The van der Waals surface area contributed by atoms with Gasteiger partial charge in [-0.25, -0.2) is 4.98 Å². The summed E-state index contributed by atoms with van der Waals surface area (Å²) >= 11 is 0. The molecule has 2 fully saturated rings. The molecule has 1 aliphatic heterocycles. The quantitative estimate of drug-likeness (QED) is 0.817. The van der Waals surface area contributed by atoms with Crippen LogP contribution in [0.1, 0.15) is 68.1 Å². The minimum Gasteiger partial charge on any atom is -0.356 e. The fourth-order valence-corrected chi connectivity index (χ4v) is 4.40. The topological polar surface area (TPSA) is 45.2 Å². The molecule has 2 aromatic rings. The fraction of sp³-hybridized carbons (Fsp3) is 0.545. The first-order valence-electron chi connectivity index (χ1n) is 10.3. The van der Waals surface area contributed by atoms with Gasteiger partial charge in [0.05, 0.1) is 5.56 Å². The Bertz CT molecular complexity index is 759. The number of piperidine rings is 1. The molecule has 4 heteroatoms. The number of carbonyl (C=O) groups excluding carboxylic acids is 1.